The Kier molecular flexibility index (Phi) is 5.39. The molecule has 0 aromatic heterocycles. The minimum absolute atomic E-state index is 0.0174. The Morgan fingerprint density at radius 2 is 2.00 bits per heavy atom. The zero-order valence-corrected chi connectivity index (χ0v) is 14.6. The highest BCUT2D eigenvalue weighted by atomic mass is 79.9. The molecule has 0 spiro atoms. The molecule has 0 saturated heterocycles. The number of phenols is 1. The molecule has 0 radical (unpaired) electrons. The van der Waals surface area contributed by atoms with Crippen LogP contribution in [0.15, 0.2) is 39.9 Å². The highest BCUT2D eigenvalue weighted by Gasteiger charge is 2.08. The number of phenolic OH excluding ortho intramolecular Hbond substituents is 1. The minimum Gasteiger partial charge on any atom is -0.503 e. The summed E-state index contributed by atoms with van der Waals surface area (Å²) in [5.41, 5.74) is 5.88. The van der Waals surface area contributed by atoms with E-state index in [4.69, 9.17) is 4.74 Å². The number of aromatic hydroxyl groups is 1. The van der Waals surface area contributed by atoms with Crippen LogP contribution in [0, 0.1) is 13.8 Å². The molecular formula is C17H17BrN2O3. The standard InChI is InChI=1S/C17H17BrN2O3/c1-10-4-5-13(6-11(10)2)17(22)20-19-9-12-7-14(18)16(21)15(8-12)23-3/h4-9,21H,1-3H3,(H,20,22)/b19-9+. The maximum atomic E-state index is 12.0. The van der Waals surface area contributed by atoms with Crippen molar-refractivity contribution in [3.8, 4) is 11.5 Å². The third kappa shape index (κ3) is 4.10. The van der Waals surface area contributed by atoms with Gasteiger partial charge in [-0.1, -0.05) is 6.07 Å². The average Bonchev–Trinajstić information content (AvgIpc) is 2.53. The quantitative estimate of drug-likeness (QED) is 0.633. The molecule has 2 rings (SSSR count). The minimum atomic E-state index is -0.283. The van der Waals surface area contributed by atoms with Crippen molar-refractivity contribution in [3.63, 3.8) is 0 Å². The summed E-state index contributed by atoms with van der Waals surface area (Å²) in [6.45, 7) is 3.95. The maximum absolute atomic E-state index is 12.0. The number of methoxy groups -OCH3 is 1. The van der Waals surface area contributed by atoms with E-state index in [2.05, 4.69) is 26.5 Å². The van der Waals surface area contributed by atoms with E-state index in [0.717, 1.165) is 11.1 Å². The van der Waals surface area contributed by atoms with E-state index < -0.39 is 0 Å². The van der Waals surface area contributed by atoms with Gasteiger partial charge in [-0.05, 0) is 70.7 Å². The van der Waals surface area contributed by atoms with Crippen LogP contribution in [0.25, 0.3) is 0 Å². The van der Waals surface area contributed by atoms with Crippen LogP contribution < -0.4 is 10.2 Å². The van der Waals surface area contributed by atoms with Crippen LogP contribution in [0.2, 0.25) is 0 Å². The summed E-state index contributed by atoms with van der Waals surface area (Å²) in [5.74, 6) is 0.0549. The molecule has 2 aromatic carbocycles. The molecule has 2 N–H and O–H groups in total. The molecule has 0 aliphatic carbocycles. The summed E-state index contributed by atoms with van der Waals surface area (Å²) in [5, 5.41) is 13.7. The zero-order chi connectivity index (χ0) is 17.0. The Balaban J connectivity index is 2.10. The smallest absolute Gasteiger partial charge is 0.271 e. The number of hydrogen-bond donors (Lipinski definition) is 2. The van der Waals surface area contributed by atoms with Gasteiger partial charge in [-0.15, -0.1) is 0 Å². The van der Waals surface area contributed by atoms with E-state index >= 15 is 0 Å². The molecule has 1 amide bonds. The van der Waals surface area contributed by atoms with Crippen molar-refractivity contribution in [1.82, 2.24) is 5.43 Å². The van der Waals surface area contributed by atoms with Crippen molar-refractivity contribution < 1.29 is 14.6 Å². The lowest BCUT2D eigenvalue weighted by Crippen LogP contribution is -2.17. The Morgan fingerprint density at radius 3 is 2.65 bits per heavy atom. The lowest BCUT2D eigenvalue weighted by atomic mass is 10.1. The summed E-state index contributed by atoms with van der Waals surface area (Å²) in [7, 11) is 1.46. The lowest BCUT2D eigenvalue weighted by molar-refractivity contribution is 0.0955. The third-order valence-electron chi connectivity index (χ3n) is 3.42. The van der Waals surface area contributed by atoms with Crippen LogP contribution in [0.4, 0.5) is 0 Å². The van der Waals surface area contributed by atoms with Gasteiger partial charge in [-0.3, -0.25) is 4.79 Å². The predicted molar refractivity (Wildman–Crippen MR) is 93.3 cm³/mol. The van der Waals surface area contributed by atoms with Gasteiger partial charge < -0.3 is 9.84 Å². The first-order chi connectivity index (χ1) is 10.9. The predicted octanol–water partition coefficient (Wildman–Crippen LogP) is 3.54. The van der Waals surface area contributed by atoms with E-state index in [1.165, 1.54) is 13.3 Å². The van der Waals surface area contributed by atoms with Crippen LogP contribution in [0.1, 0.15) is 27.0 Å². The molecule has 6 heteroatoms. The van der Waals surface area contributed by atoms with E-state index in [9.17, 15) is 9.90 Å². The fourth-order valence-corrected chi connectivity index (χ4v) is 2.40. The first kappa shape index (κ1) is 17.0. The number of hydrogen-bond acceptors (Lipinski definition) is 4. The van der Waals surface area contributed by atoms with E-state index in [-0.39, 0.29) is 11.7 Å². The summed E-state index contributed by atoms with van der Waals surface area (Å²) >= 11 is 3.23. The Hall–Kier alpha value is -2.34. The number of aryl methyl sites for hydroxylation is 2. The van der Waals surface area contributed by atoms with Gasteiger partial charge in [0.15, 0.2) is 11.5 Å². The monoisotopic (exact) mass is 376 g/mol. The molecule has 0 aliphatic heterocycles. The normalized spacial score (nSPS) is 10.8. The van der Waals surface area contributed by atoms with Crippen LogP contribution >= 0.6 is 15.9 Å². The van der Waals surface area contributed by atoms with Gasteiger partial charge >= 0.3 is 0 Å². The number of amides is 1. The molecule has 2 aromatic rings. The number of nitrogens with zero attached hydrogens (tertiary/aromatic N) is 1. The van der Waals surface area contributed by atoms with Gasteiger partial charge in [0, 0.05) is 5.56 Å². The second-order valence-corrected chi connectivity index (χ2v) is 5.91. The van der Waals surface area contributed by atoms with Crippen molar-refractivity contribution in [3.05, 3.63) is 57.1 Å². The molecule has 23 heavy (non-hydrogen) atoms. The molecule has 0 unspecified atom stereocenters. The first-order valence-corrected chi connectivity index (χ1v) is 7.69. The molecule has 0 heterocycles. The highest BCUT2D eigenvalue weighted by molar-refractivity contribution is 9.10. The summed E-state index contributed by atoms with van der Waals surface area (Å²) in [4.78, 5) is 12.0. The number of ether oxygens (including phenoxy) is 1. The number of nitrogens with one attached hydrogen (secondary N) is 1. The van der Waals surface area contributed by atoms with Gasteiger partial charge in [0.1, 0.15) is 0 Å². The van der Waals surface area contributed by atoms with Crippen LogP contribution in [0.3, 0.4) is 0 Å². The fourth-order valence-electron chi connectivity index (χ4n) is 1.94. The maximum Gasteiger partial charge on any atom is 0.271 e. The second kappa shape index (κ2) is 7.28. The van der Waals surface area contributed by atoms with Crippen molar-refractivity contribution in [2.24, 2.45) is 5.10 Å². The van der Waals surface area contributed by atoms with Crippen LogP contribution in [-0.2, 0) is 0 Å². The van der Waals surface area contributed by atoms with E-state index in [1.54, 1.807) is 18.2 Å². The Bertz CT molecular complexity index is 773. The molecule has 0 fully saturated rings. The largest absolute Gasteiger partial charge is 0.503 e. The first-order valence-electron chi connectivity index (χ1n) is 6.89. The number of carbonyl (C=O) groups is 1. The van der Waals surface area contributed by atoms with Gasteiger partial charge in [0.2, 0.25) is 0 Å². The van der Waals surface area contributed by atoms with Crippen molar-refractivity contribution >= 4 is 28.1 Å². The van der Waals surface area contributed by atoms with Crippen LogP contribution in [-0.4, -0.2) is 24.3 Å². The lowest BCUT2D eigenvalue weighted by Gasteiger charge is -2.06. The second-order valence-electron chi connectivity index (χ2n) is 5.05. The zero-order valence-electron chi connectivity index (χ0n) is 13.1. The number of halogens is 1. The number of benzene rings is 2. The fraction of sp³-hybridized carbons (Fsp3) is 0.176. The molecule has 0 atom stereocenters. The van der Waals surface area contributed by atoms with E-state index in [1.807, 2.05) is 26.0 Å². The average molecular weight is 377 g/mol. The summed E-state index contributed by atoms with van der Waals surface area (Å²) in [6, 6.07) is 8.76. The van der Waals surface area contributed by atoms with Gasteiger partial charge in [-0.2, -0.15) is 5.10 Å². The Morgan fingerprint density at radius 1 is 1.26 bits per heavy atom. The number of hydrazone groups is 1. The van der Waals surface area contributed by atoms with E-state index in [0.29, 0.717) is 21.3 Å². The van der Waals surface area contributed by atoms with Gasteiger partial charge in [-0.25, -0.2) is 5.43 Å². The van der Waals surface area contributed by atoms with Gasteiger partial charge in [0.25, 0.3) is 5.91 Å². The summed E-state index contributed by atoms with van der Waals surface area (Å²) in [6.07, 6.45) is 1.48. The molecule has 120 valence electrons. The topological polar surface area (TPSA) is 70.9 Å². The SMILES string of the molecule is COc1cc(/C=N/NC(=O)c2ccc(C)c(C)c2)cc(Br)c1O. The van der Waals surface area contributed by atoms with Crippen LogP contribution in [0.5, 0.6) is 11.5 Å². The number of carbonyl (C=O) groups excluding carboxylic acids is 1. The molecule has 0 bridgehead atoms. The van der Waals surface area contributed by atoms with Crippen molar-refractivity contribution in [2.45, 2.75) is 13.8 Å². The molecule has 5 nitrogen and oxygen atoms in total. The summed E-state index contributed by atoms with van der Waals surface area (Å²) < 4.78 is 5.54. The third-order valence-corrected chi connectivity index (χ3v) is 4.02. The van der Waals surface area contributed by atoms with Crippen molar-refractivity contribution in [2.75, 3.05) is 7.11 Å². The number of rotatable bonds is 4. The molecular weight excluding hydrogens is 360 g/mol. The molecule has 0 saturated carbocycles. The van der Waals surface area contributed by atoms with Gasteiger partial charge in [0.05, 0.1) is 17.8 Å². The highest BCUT2D eigenvalue weighted by Crippen LogP contribution is 2.34. The molecule has 0 aliphatic rings. The Labute approximate surface area is 143 Å². The van der Waals surface area contributed by atoms with Crippen molar-refractivity contribution in [1.29, 1.82) is 0 Å².